The smallest absolute Gasteiger partial charge is 0.130 e. The number of hydrogen-bond donors (Lipinski definition) is 2. The third-order valence-corrected chi connectivity index (χ3v) is 1.72. The summed E-state index contributed by atoms with van der Waals surface area (Å²) in [5, 5.41) is 7.32. The Bertz CT molecular complexity index is 318. The lowest BCUT2D eigenvalue weighted by Gasteiger charge is -2.09. The van der Waals surface area contributed by atoms with E-state index in [1.807, 2.05) is 12.1 Å². The summed E-state index contributed by atoms with van der Waals surface area (Å²) in [5.41, 5.74) is 6.01. The van der Waals surface area contributed by atoms with E-state index in [2.05, 4.69) is 0 Å². The van der Waals surface area contributed by atoms with Crippen LogP contribution in [0.5, 0.6) is 5.75 Å². The highest BCUT2D eigenvalue weighted by molar-refractivity contribution is 5.97. The first-order valence-electron chi connectivity index (χ1n) is 4.31. The zero-order valence-electron chi connectivity index (χ0n) is 8.53. The van der Waals surface area contributed by atoms with E-state index in [-0.39, 0.29) is 18.2 Å². The Morgan fingerprint density at radius 2 is 2.00 bits per heavy atom. The van der Waals surface area contributed by atoms with Gasteiger partial charge in [-0.25, -0.2) is 0 Å². The highest BCUT2D eigenvalue weighted by Gasteiger charge is 2.04. The number of ether oxygens (including phenoxy) is 2. The van der Waals surface area contributed by atoms with Gasteiger partial charge in [0.2, 0.25) is 0 Å². The summed E-state index contributed by atoms with van der Waals surface area (Å²) in [6.07, 6.45) is 0. The molecular formula is C10H15ClN2O2. The molecule has 4 nitrogen and oxygen atoms in total. The van der Waals surface area contributed by atoms with Crippen molar-refractivity contribution in [1.29, 1.82) is 5.41 Å². The zero-order chi connectivity index (χ0) is 10.4. The van der Waals surface area contributed by atoms with Gasteiger partial charge in [-0.1, -0.05) is 12.1 Å². The van der Waals surface area contributed by atoms with E-state index in [0.717, 1.165) is 0 Å². The molecule has 0 aliphatic carbocycles. The summed E-state index contributed by atoms with van der Waals surface area (Å²) in [4.78, 5) is 0. The van der Waals surface area contributed by atoms with E-state index in [1.54, 1.807) is 19.2 Å². The molecule has 1 rings (SSSR count). The number of benzene rings is 1. The molecular weight excluding hydrogens is 216 g/mol. The van der Waals surface area contributed by atoms with E-state index in [4.69, 9.17) is 20.6 Å². The summed E-state index contributed by atoms with van der Waals surface area (Å²) in [7, 11) is 1.61. The van der Waals surface area contributed by atoms with E-state index >= 15 is 0 Å². The molecule has 0 heterocycles. The summed E-state index contributed by atoms with van der Waals surface area (Å²) in [6, 6.07) is 7.20. The van der Waals surface area contributed by atoms with Crippen LogP contribution in [-0.2, 0) is 4.74 Å². The van der Waals surface area contributed by atoms with Crippen molar-refractivity contribution in [2.45, 2.75) is 0 Å². The summed E-state index contributed by atoms with van der Waals surface area (Å²) >= 11 is 0. The van der Waals surface area contributed by atoms with Crippen LogP contribution in [0, 0.1) is 5.41 Å². The van der Waals surface area contributed by atoms with Gasteiger partial charge >= 0.3 is 0 Å². The monoisotopic (exact) mass is 230 g/mol. The Morgan fingerprint density at radius 1 is 1.33 bits per heavy atom. The number of rotatable bonds is 5. The maximum absolute atomic E-state index is 7.32. The second-order valence-corrected chi connectivity index (χ2v) is 2.75. The van der Waals surface area contributed by atoms with Gasteiger partial charge in [0.15, 0.2) is 0 Å². The Labute approximate surface area is 95.3 Å². The van der Waals surface area contributed by atoms with Gasteiger partial charge in [-0.2, -0.15) is 0 Å². The first kappa shape index (κ1) is 13.7. The fourth-order valence-corrected chi connectivity index (χ4v) is 1.05. The highest BCUT2D eigenvalue weighted by atomic mass is 35.5. The number of halogens is 1. The van der Waals surface area contributed by atoms with Crippen molar-refractivity contribution in [3.05, 3.63) is 29.8 Å². The molecule has 1 aromatic rings. The Balaban J connectivity index is 0.00000196. The summed E-state index contributed by atoms with van der Waals surface area (Å²) in [6.45, 7) is 0.979. The molecule has 0 aliphatic heterocycles. The molecule has 0 unspecified atom stereocenters. The number of methoxy groups -OCH3 is 1. The van der Waals surface area contributed by atoms with Crippen molar-refractivity contribution in [1.82, 2.24) is 0 Å². The highest BCUT2D eigenvalue weighted by Crippen LogP contribution is 2.16. The van der Waals surface area contributed by atoms with Gasteiger partial charge in [-0.05, 0) is 12.1 Å². The van der Waals surface area contributed by atoms with E-state index < -0.39 is 0 Å². The van der Waals surface area contributed by atoms with Crippen LogP contribution in [0.15, 0.2) is 24.3 Å². The van der Waals surface area contributed by atoms with Gasteiger partial charge in [-0.15, -0.1) is 12.4 Å². The van der Waals surface area contributed by atoms with Crippen LogP contribution in [-0.4, -0.2) is 26.2 Å². The van der Waals surface area contributed by atoms with Crippen molar-refractivity contribution in [3.8, 4) is 5.75 Å². The number of nitrogens with two attached hydrogens (primary N) is 1. The molecule has 0 aliphatic rings. The molecule has 5 heteroatoms. The first-order chi connectivity index (χ1) is 6.75. The number of nitrogens with one attached hydrogen (secondary N) is 1. The maximum Gasteiger partial charge on any atom is 0.130 e. The topological polar surface area (TPSA) is 68.3 Å². The summed E-state index contributed by atoms with van der Waals surface area (Å²) < 4.78 is 10.2. The fraction of sp³-hybridized carbons (Fsp3) is 0.300. The van der Waals surface area contributed by atoms with Gasteiger partial charge in [0.1, 0.15) is 18.2 Å². The largest absolute Gasteiger partial charge is 0.490 e. The van der Waals surface area contributed by atoms with Gasteiger partial charge in [0.25, 0.3) is 0 Å². The van der Waals surface area contributed by atoms with Crippen molar-refractivity contribution < 1.29 is 9.47 Å². The molecule has 0 fully saturated rings. The molecule has 0 bridgehead atoms. The lowest BCUT2D eigenvalue weighted by Crippen LogP contribution is -2.14. The van der Waals surface area contributed by atoms with Crippen LogP contribution in [0.2, 0.25) is 0 Å². The van der Waals surface area contributed by atoms with E-state index in [1.165, 1.54) is 0 Å². The molecule has 0 saturated carbocycles. The molecule has 0 amide bonds. The minimum absolute atomic E-state index is 0. The van der Waals surface area contributed by atoms with Crippen LogP contribution in [0.4, 0.5) is 0 Å². The normalized spacial score (nSPS) is 9.13. The zero-order valence-corrected chi connectivity index (χ0v) is 9.34. The molecule has 1 aromatic carbocycles. The quantitative estimate of drug-likeness (QED) is 0.457. The Morgan fingerprint density at radius 3 is 2.60 bits per heavy atom. The van der Waals surface area contributed by atoms with Gasteiger partial charge in [0, 0.05) is 7.11 Å². The number of nitrogen functional groups attached to an aromatic ring is 1. The van der Waals surface area contributed by atoms with E-state index in [0.29, 0.717) is 24.5 Å². The van der Waals surface area contributed by atoms with Crippen LogP contribution < -0.4 is 10.5 Å². The average molecular weight is 231 g/mol. The van der Waals surface area contributed by atoms with Gasteiger partial charge in [-0.3, -0.25) is 5.41 Å². The van der Waals surface area contributed by atoms with Crippen LogP contribution in [0.3, 0.4) is 0 Å². The third kappa shape index (κ3) is 4.18. The number of para-hydroxylation sites is 1. The minimum Gasteiger partial charge on any atom is -0.490 e. The predicted molar refractivity (Wildman–Crippen MR) is 62.1 cm³/mol. The SMILES string of the molecule is COCCOc1ccccc1C(=N)N.Cl. The minimum atomic E-state index is 0. The predicted octanol–water partition coefficient (Wildman–Crippen LogP) is 1.42. The molecule has 0 radical (unpaired) electrons. The first-order valence-corrected chi connectivity index (χ1v) is 4.31. The average Bonchev–Trinajstić information content (AvgIpc) is 2.19. The van der Waals surface area contributed by atoms with Gasteiger partial charge < -0.3 is 15.2 Å². The maximum atomic E-state index is 7.32. The molecule has 0 spiro atoms. The second kappa shape index (κ2) is 7.09. The molecule has 0 atom stereocenters. The van der Waals surface area contributed by atoms with Crippen molar-refractivity contribution in [2.75, 3.05) is 20.3 Å². The Hall–Kier alpha value is -1.26. The number of amidine groups is 1. The third-order valence-electron chi connectivity index (χ3n) is 1.72. The molecule has 84 valence electrons. The lowest BCUT2D eigenvalue weighted by atomic mass is 10.2. The molecule has 0 saturated heterocycles. The lowest BCUT2D eigenvalue weighted by molar-refractivity contribution is 0.146. The standard InChI is InChI=1S/C10H14N2O2.ClH/c1-13-6-7-14-9-5-3-2-4-8(9)10(11)12;/h2-5H,6-7H2,1H3,(H3,11,12);1H. The van der Waals surface area contributed by atoms with Crippen molar-refractivity contribution in [2.24, 2.45) is 5.73 Å². The number of hydrogen-bond acceptors (Lipinski definition) is 3. The van der Waals surface area contributed by atoms with Crippen molar-refractivity contribution in [3.63, 3.8) is 0 Å². The van der Waals surface area contributed by atoms with Crippen molar-refractivity contribution >= 4 is 18.2 Å². The Kier molecular flexibility index (Phi) is 6.49. The van der Waals surface area contributed by atoms with Crippen LogP contribution in [0.25, 0.3) is 0 Å². The second-order valence-electron chi connectivity index (χ2n) is 2.75. The van der Waals surface area contributed by atoms with E-state index in [9.17, 15) is 0 Å². The molecule has 15 heavy (non-hydrogen) atoms. The van der Waals surface area contributed by atoms with Crippen LogP contribution >= 0.6 is 12.4 Å². The fourth-order valence-electron chi connectivity index (χ4n) is 1.05. The van der Waals surface area contributed by atoms with Crippen LogP contribution in [0.1, 0.15) is 5.56 Å². The molecule has 0 aromatic heterocycles. The summed E-state index contributed by atoms with van der Waals surface area (Å²) in [5.74, 6) is 0.634. The van der Waals surface area contributed by atoms with Gasteiger partial charge in [0.05, 0.1) is 12.2 Å². The molecule has 3 N–H and O–H groups in total.